The van der Waals surface area contributed by atoms with E-state index >= 15 is 0 Å². The van der Waals surface area contributed by atoms with Crippen molar-refractivity contribution in [1.82, 2.24) is 0 Å². The van der Waals surface area contributed by atoms with Crippen LogP contribution in [0.15, 0.2) is 12.1 Å². The highest BCUT2D eigenvalue weighted by molar-refractivity contribution is 8.13. The van der Waals surface area contributed by atoms with E-state index in [4.69, 9.17) is 27.0 Å². The lowest BCUT2D eigenvalue weighted by molar-refractivity contribution is 0.404. The van der Waals surface area contributed by atoms with Crippen molar-refractivity contribution in [2.45, 2.75) is 5.75 Å². The monoisotopic (exact) mass is 270 g/mol. The molecule has 4 nitrogen and oxygen atoms in total. The molecule has 84 valence electrons. The van der Waals surface area contributed by atoms with Gasteiger partial charge in [0.05, 0.1) is 12.9 Å². The summed E-state index contributed by atoms with van der Waals surface area (Å²) >= 11 is 5.71. The molecule has 0 atom stereocenters. The minimum atomic E-state index is -3.69. The van der Waals surface area contributed by atoms with E-state index in [1.54, 1.807) is 0 Å². The normalized spacial score (nSPS) is 11.4. The minimum absolute atomic E-state index is 0.0321. The van der Waals surface area contributed by atoms with Gasteiger partial charge >= 0.3 is 0 Å². The summed E-state index contributed by atoms with van der Waals surface area (Å²) in [5, 5.41) is 9.23. The molecule has 0 saturated heterocycles. The second-order valence-electron chi connectivity index (χ2n) is 2.77. The Hall–Kier alpha value is -0.650. The third-order valence-corrected chi connectivity index (χ3v) is 3.04. The highest BCUT2D eigenvalue weighted by Crippen LogP contribution is 2.37. The van der Waals surface area contributed by atoms with Gasteiger partial charge in [-0.05, 0) is 6.07 Å². The first-order chi connectivity index (χ1) is 6.85. The maximum Gasteiger partial charge on any atom is 0.236 e. The van der Waals surface area contributed by atoms with E-state index in [0.29, 0.717) is 5.56 Å². The number of aromatic hydroxyl groups is 1. The van der Waals surface area contributed by atoms with E-state index in [1.165, 1.54) is 19.2 Å². The van der Waals surface area contributed by atoms with Gasteiger partial charge in [0.25, 0.3) is 0 Å². The Morgan fingerprint density at radius 2 is 2.07 bits per heavy atom. The molecule has 7 heteroatoms. The van der Waals surface area contributed by atoms with Crippen LogP contribution >= 0.6 is 22.3 Å². The summed E-state index contributed by atoms with van der Waals surface area (Å²) in [6.07, 6.45) is 0. The van der Waals surface area contributed by atoms with Crippen molar-refractivity contribution in [2.75, 3.05) is 7.11 Å². The highest BCUT2D eigenvalue weighted by Gasteiger charge is 2.16. The number of ether oxygens (including phenoxy) is 1. The summed E-state index contributed by atoms with van der Waals surface area (Å²) in [5.74, 6) is -0.470. The van der Waals surface area contributed by atoms with Crippen molar-refractivity contribution in [1.29, 1.82) is 0 Å². The fourth-order valence-corrected chi connectivity index (χ4v) is 2.32. The molecule has 0 aliphatic rings. The van der Waals surface area contributed by atoms with Crippen LogP contribution in [0.3, 0.4) is 0 Å². The average Bonchev–Trinajstić information content (AvgIpc) is 2.10. The van der Waals surface area contributed by atoms with Gasteiger partial charge in [-0.2, -0.15) is 0 Å². The Kier molecular flexibility index (Phi) is 3.70. The zero-order valence-electron chi connectivity index (χ0n) is 7.70. The summed E-state index contributed by atoms with van der Waals surface area (Å²) in [7, 11) is 2.74. The van der Waals surface area contributed by atoms with Crippen LogP contribution in [0.1, 0.15) is 5.56 Å². The van der Waals surface area contributed by atoms with Gasteiger partial charge in [0, 0.05) is 16.2 Å². The van der Waals surface area contributed by atoms with Gasteiger partial charge in [0.15, 0.2) is 0 Å². The van der Waals surface area contributed by atoms with Crippen molar-refractivity contribution in [3.05, 3.63) is 22.7 Å². The van der Waals surface area contributed by atoms with Crippen LogP contribution in [0, 0.1) is 0 Å². The molecule has 0 spiro atoms. The predicted octanol–water partition coefficient (Wildman–Crippen LogP) is 2.12. The van der Waals surface area contributed by atoms with E-state index in [1.807, 2.05) is 0 Å². The number of benzene rings is 1. The number of halogens is 2. The number of rotatable bonds is 3. The van der Waals surface area contributed by atoms with Crippen LogP contribution in [0.4, 0.5) is 0 Å². The Labute approximate surface area is 96.8 Å². The SMILES string of the molecule is COc1c(CS(=O)(=O)Cl)ccc(O)c1Cl. The second-order valence-corrected chi connectivity index (χ2v) is 5.93. The lowest BCUT2D eigenvalue weighted by Gasteiger charge is -2.09. The lowest BCUT2D eigenvalue weighted by atomic mass is 10.2. The van der Waals surface area contributed by atoms with Gasteiger partial charge in [0.1, 0.15) is 16.5 Å². The molecule has 1 N–H and O–H groups in total. The van der Waals surface area contributed by atoms with Crippen LogP contribution in [0.25, 0.3) is 0 Å². The fraction of sp³-hybridized carbons (Fsp3) is 0.250. The molecule has 0 radical (unpaired) electrons. The second kappa shape index (κ2) is 4.47. The number of phenolic OH excluding ortho intramolecular Hbond substituents is 1. The van der Waals surface area contributed by atoms with Gasteiger partial charge in [-0.1, -0.05) is 17.7 Å². The Bertz CT molecular complexity index is 470. The van der Waals surface area contributed by atoms with E-state index in [9.17, 15) is 13.5 Å². The minimum Gasteiger partial charge on any atom is -0.506 e. The molecular formula is C8H8Cl2O4S. The topological polar surface area (TPSA) is 63.6 Å². The third-order valence-electron chi connectivity index (χ3n) is 1.69. The Morgan fingerprint density at radius 1 is 1.47 bits per heavy atom. The van der Waals surface area contributed by atoms with E-state index < -0.39 is 14.8 Å². The average molecular weight is 271 g/mol. The van der Waals surface area contributed by atoms with Crippen LogP contribution in [0.5, 0.6) is 11.5 Å². The van der Waals surface area contributed by atoms with Crippen molar-refractivity contribution < 1.29 is 18.3 Å². The molecule has 0 aliphatic heterocycles. The van der Waals surface area contributed by atoms with Crippen LogP contribution in [0.2, 0.25) is 5.02 Å². The molecule has 0 heterocycles. The summed E-state index contributed by atoms with van der Waals surface area (Å²) in [4.78, 5) is 0. The molecular weight excluding hydrogens is 263 g/mol. The van der Waals surface area contributed by atoms with Crippen molar-refractivity contribution in [3.63, 3.8) is 0 Å². The van der Waals surface area contributed by atoms with Gasteiger partial charge in [-0.3, -0.25) is 0 Å². The molecule has 15 heavy (non-hydrogen) atoms. The number of hydrogen-bond donors (Lipinski definition) is 1. The first-order valence-electron chi connectivity index (χ1n) is 3.82. The van der Waals surface area contributed by atoms with Gasteiger partial charge < -0.3 is 9.84 Å². The van der Waals surface area contributed by atoms with Crippen molar-refractivity contribution in [2.24, 2.45) is 0 Å². The third kappa shape index (κ3) is 3.15. The van der Waals surface area contributed by atoms with Gasteiger partial charge in [0.2, 0.25) is 9.05 Å². The lowest BCUT2D eigenvalue weighted by Crippen LogP contribution is -1.99. The number of methoxy groups -OCH3 is 1. The van der Waals surface area contributed by atoms with Crippen molar-refractivity contribution in [3.8, 4) is 11.5 Å². The molecule has 0 aromatic heterocycles. The van der Waals surface area contributed by atoms with Gasteiger partial charge in [-0.25, -0.2) is 8.42 Å². The van der Waals surface area contributed by atoms with Crippen molar-refractivity contribution >= 4 is 31.3 Å². The zero-order valence-corrected chi connectivity index (χ0v) is 10.0. The Balaban J connectivity index is 3.25. The summed E-state index contributed by atoms with van der Waals surface area (Å²) in [6, 6.07) is 2.67. The molecule has 1 aromatic carbocycles. The molecule has 0 aliphatic carbocycles. The first kappa shape index (κ1) is 12.4. The first-order valence-corrected chi connectivity index (χ1v) is 6.67. The van der Waals surface area contributed by atoms with Gasteiger partial charge in [-0.15, -0.1) is 0 Å². The highest BCUT2D eigenvalue weighted by atomic mass is 35.7. The maximum absolute atomic E-state index is 10.9. The largest absolute Gasteiger partial charge is 0.506 e. The summed E-state index contributed by atoms with van der Waals surface area (Å²) < 4.78 is 26.6. The molecule has 0 bridgehead atoms. The predicted molar refractivity (Wildman–Crippen MR) is 58.1 cm³/mol. The molecule has 0 saturated carbocycles. The maximum atomic E-state index is 10.9. The standard InChI is InChI=1S/C8H8Cl2O4S/c1-14-8-5(4-15(10,12)13)2-3-6(11)7(8)9/h2-3,11H,4H2,1H3. The molecule has 1 rings (SSSR count). The Morgan fingerprint density at radius 3 is 2.53 bits per heavy atom. The molecule has 1 aromatic rings. The van der Waals surface area contributed by atoms with Crippen LogP contribution in [-0.4, -0.2) is 20.6 Å². The van der Waals surface area contributed by atoms with E-state index in [-0.39, 0.29) is 16.5 Å². The van der Waals surface area contributed by atoms with Crippen LogP contribution in [-0.2, 0) is 14.8 Å². The summed E-state index contributed by atoms with van der Waals surface area (Å²) in [5.41, 5.74) is 0.301. The number of hydrogen-bond acceptors (Lipinski definition) is 4. The molecule has 0 fully saturated rings. The van der Waals surface area contributed by atoms with E-state index in [0.717, 1.165) is 0 Å². The summed E-state index contributed by atoms with van der Waals surface area (Å²) in [6.45, 7) is 0. The zero-order chi connectivity index (χ0) is 11.6. The quantitative estimate of drug-likeness (QED) is 0.855. The fourth-order valence-electron chi connectivity index (χ4n) is 1.11. The number of phenols is 1. The molecule has 0 unspecified atom stereocenters. The smallest absolute Gasteiger partial charge is 0.236 e. The van der Waals surface area contributed by atoms with E-state index in [2.05, 4.69) is 0 Å². The molecule has 0 amide bonds. The van der Waals surface area contributed by atoms with Crippen LogP contribution < -0.4 is 4.74 Å².